The Kier molecular flexibility index (Phi) is 5.49. The van der Waals surface area contributed by atoms with Crippen LogP contribution in [0.1, 0.15) is 39.5 Å². The third kappa shape index (κ3) is 4.43. The molecule has 0 spiro atoms. The molecule has 1 heterocycles. The van der Waals surface area contributed by atoms with E-state index in [1.807, 2.05) is 0 Å². The first-order chi connectivity index (χ1) is 9.45. The highest BCUT2D eigenvalue weighted by Gasteiger charge is 2.36. The van der Waals surface area contributed by atoms with Gasteiger partial charge in [-0.1, -0.05) is 26.7 Å². The SMILES string of the molecule is CCNCC1(CN2CCS(=O)(=O)CC2)CCC(C)CC1. The second-order valence-electron chi connectivity index (χ2n) is 6.89. The molecule has 2 aliphatic rings. The molecule has 4 nitrogen and oxygen atoms in total. The maximum Gasteiger partial charge on any atom is 0.152 e. The van der Waals surface area contributed by atoms with E-state index in [9.17, 15) is 8.42 Å². The molecule has 1 saturated heterocycles. The van der Waals surface area contributed by atoms with Crippen molar-refractivity contribution >= 4 is 9.84 Å². The molecular weight excluding hydrogens is 272 g/mol. The zero-order valence-corrected chi connectivity index (χ0v) is 13.8. The molecule has 2 rings (SSSR count). The van der Waals surface area contributed by atoms with Crippen molar-refractivity contribution in [2.45, 2.75) is 39.5 Å². The zero-order valence-electron chi connectivity index (χ0n) is 13.0. The van der Waals surface area contributed by atoms with E-state index in [0.717, 1.165) is 38.6 Å². The lowest BCUT2D eigenvalue weighted by molar-refractivity contribution is 0.0911. The maximum atomic E-state index is 11.5. The molecule has 0 radical (unpaired) electrons. The van der Waals surface area contributed by atoms with Crippen LogP contribution in [0, 0.1) is 11.3 Å². The summed E-state index contributed by atoms with van der Waals surface area (Å²) in [6.45, 7) is 9.14. The predicted molar refractivity (Wildman–Crippen MR) is 83.7 cm³/mol. The Morgan fingerprint density at radius 3 is 2.35 bits per heavy atom. The molecular formula is C15H30N2O2S. The first-order valence-corrected chi connectivity index (χ1v) is 9.90. The van der Waals surface area contributed by atoms with Gasteiger partial charge in [0.15, 0.2) is 9.84 Å². The van der Waals surface area contributed by atoms with Crippen molar-refractivity contribution in [1.29, 1.82) is 0 Å². The van der Waals surface area contributed by atoms with Crippen molar-refractivity contribution < 1.29 is 8.42 Å². The average molecular weight is 302 g/mol. The van der Waals surface area contributed by atoms with E-state index >= 15 is 0 Å². The van der Waals surface area contributed by atoms with Gasteiger partial charge in [-0.15, -0.1) is 0 Å². The third-order valence-corrected chi connectivity index (χ3v) is 6.69. The Bertz CT molecular complexity index is 381. The lowest BCUT2D eigenvalue weighted by atomic mass is 9.70. The van der Waals surface area contributed by atoms with Gasteiger partial charge in [-0.3, -0.25) is 0 Å². The molecule has 0 bridgehead atoms. The van der Waals surface area contributed by atoms with Gasteiger partial charge in [0.25, 0.3) is 0 Å². The Morgan fingerprint density at radius 1 is 1.20 bits per heavy atom. The minimum absolute atomic E-state index is 0.348. The van der Waals surface area contributed by atoms with Crippen molar-refractivity contribution in [1.82, 2.24) is 10.2 Å². The van der Waals surface area contributed by atoms with Gasteiger partial charge < -0.3 is 10.2 Å². The fraction of sp³-hybridized carbons (Fsp3) is 1.00. The molecule has 0 aromatic heterocycles. The van der Waals surface area contributed by atoms with Crippen LogP contribution >= 0.6 is 0 Å². The molecule has 0 aromatic rings. The summed E-state index contributed by atoms with van der Waals surface area (Å²) in [7, 11) is -2.76. The predicted octanol–water partition coefficient (Wildman–Crippen LogP) is 1.52. The third-order valence-electron chi connectivity index (χ3n) is 5.08. The Morgan fingerprint density at radius 2 is 1.80 bits per heavy atom. The van der Waals surface area contributed by atoms with Crippen molar-refractivity contribution in [3.63, 3.8) is 0 Å². The highest BCUT2D eigenvalue weighted by atomic mass is 32.2. The minimum atomic E-state index is -2.76. The van der Waals surface area contributed by atoms with Crippen LogP contribution in [0.5, 0.6) is 0 Å². The van der Waals surface area contributed by atoms with Gasteiger partial charge in [0.2, 0.25) is 0 Å². The summed E-state index contributed by atoms with van der Waals surface area (Å²) >= 11 is 0. The van der Waals surface area contributed by atoms with Crippen molar-refractivity contribution in [3.05, 3.63) is 0 Å². The summed E-state index contributed by atoms with van der Waals surface area (Å²) in [4.78, 5) is 2.38. The summed E-state index contributed by atoms with van der Waals surface area (Å²) in [5.74, 6) is 1.55. The summed E-state index contributed by atoms with van der Waals surface area (Å²) in [5.41, 5.74) is 0.365. The molecule has 5 heteroatoms. The number of hydrogen-bond acceptors (Lipinski definition) is 4. The topological polar surface area (TPSA) is 49.4 Å². The summed E-state index contributed by atoms with van der Waals surface area (Å²) < 4.78 is 23.1. The van der Waals surface area contributed by atoms with Gasteiger partial charge in [-0.05, 0) is 30.7 Å². The van der Waals surface area contributed by atoms with Gasteiger partial charge in [0.05, 0.1) is 11.5 Å². The Labute approximate surface area is 124 Å². The quantitative estimate of drug-likeness (QED) is 0.836. The van der Waals surface area contributed by atoms with E-state index in [1.165, 1.54) is 25.7 Å². The van der Waals surface area contributed by atoms with E-state index in [1.54, 1.807) is 0 Å². The molecule has 1 saturated carbocycles. The van der Waals surface area contributed by atoms with E-state index in [2.05, 4.69) is 24.1 Å². The lowest BCUT2D eigenvalue weighted by Crippen LogP contribution is -2.50. The minimum Gasteiger partial charge on any atom is -0.316 e. The van der Waals surface area contributed by atoms with Gasteiger partial charge in [-0.25, -0.2) is 8.42 Å². The number of rotatable bonds is 5. The molecule has 1 N–H and O–H groups in total. The van der Waals surface area contributed by atoms with Gasteiger partial charge in [0.1, 0.15) is 0 Å². The van der Waals surface area contributed by atoms with E-state index in [-0.39, 0.29) is 0 Å². The molecule has 0 amide bonds. The van der Waals surface area contributed by atoms with Gasteiger partial charge in [-0.2, -0.15) is 0 Å². The number of nitrogens with zero attached hydrogens (tertiary/aromatic N) is 1. The van der Waals surface area contributed by atoms with Crippen LogP contribution in [0.25, 0.3) is 0 Å². The van der Waals surface area contributed by atoms with E-state index in [4.69, 9.17) is 0 Å². The summed E-state index contributed by atoms with van der Waals surface area (Å²) in [6, 6.07) is 0. The average Bonchev–Trinajstić information content (AvgIpc) is 2.42. The molecule has 0 unspecified atom stereocenters. The molecule has 20 heavy (non-hydrogen) atoms. The van der Waals surface area contributed by atoms with Crippen molar-refractivity contribution in [2.24, 2.45) is 11.3 Å². The Balaban J connectivity index is 1.94. The largest absolute Gasteiger partial charge is 0.316 e. The maximum absolute atomic E-state index is 11.5. The first kappa shape index (κ1) is 16.2. The number of sulfone groups is 1. The van der Waals surface area contributed by atoms with Crippen molar-refractivity contribution in [2.75, 3.05) is 44.2 Å². The van der Waals surface area contributed by atoms with Gasteiger partial charge in [0, 0.05) is 26.2 Å². The van der Waals surface area contributed by atoms with Crippen molar-refractivity contribution in [3.8, 4) is 0 Å². The van der Waals surface area contributed by atoms with Crippen LogP contribution in [-0.2, 0) is 9.84 Å². The standard InChI is InChI=1S/C15H30N2O2S/c1-3-16-12-15(6-4-14(2)5-7-15)13-17-8-10-20(18,19)11-9-17/h14,16H,3-13H2,1-2H3. The lowest BCUT2D eigenvalue weighted by Gasteiger charge is -2.43. The highest BCUT2D eigenvalue weighted by Crippen LogP contribution is 2.39. The van der Waals surface area contributed by atoms with E-state index in [0.29, 0.717) is 16.9 Å². The first-order valence-electron chi connectivity index (χ1n) is 8.08. The fourth-order valence-corrected chi connectivity index (χ4v) is 4.82. The van der Waals surface area contributed by atoms with Crippen LogP contribution in [0.15, 0.2) is 0 Å². The second-order valence-corrected chi connectivity index (χ2v) is 9.19. The molecule has 1 aliphatic heterocycles. The van der Waals surface area contributed by atoms with Crippen LogP contribution in [-0.4, -0.2) is 57.5 Å². The fourth-order valence-electron chi connectivity index (χ4n) is 3.54. The molecule has 118 valence electrons. The van der Waals surface area contributed by atoms with Gasteiger partial charge >= 0.3 is 0 Å². The molecule has 0 atom stereocenters. The molecule has 1 aliphatic carbocycles. The number of hydrogen-bond donors (Lipinski definition) is 1. The van der Waals surface area contributed by atoms with Crippen LogP contribution in [0.2, 0.25) is 0 Å². The smallest absolute Gasteiger partial charge is 0.152 e. The summed E-state index contributed by atoms with van der Waals surface area (Å²) in [5, 5.41) is 3.53. The van der Waals surface area contributed by atoms with Crippen LogP contribution in [0.3, 0.4) is 0 Å². The number of nitrogens with one attached hydrogen (secondary N) is 1. The Hall–Kier alpha value is -0.130. The highest BCUT2D eigenvalue weighted by molar-refractivity contribution is 7.91. The summed E-state index contributed by atoms with van der Waals surface area (Å²) in [6.07, 6.45) is 5.20. The van der Waals surface area contributed by atoms with E-state index < -0.39 is 9.84 Å². The normalized spacial score (nSPS) is 35.0. The molecule has 0 aromatic carbocycles. The second kappa shape index (κ2) is 6.75. The van der Waals surface area contributed by atoms with Crippen LogP contribution < -0.4 is 5.32 Å². The van der Waals surface area contributed by atoms with Crippen LogP contribution in [0.4, 0.5) is 0 Å². The molecule has 2 fully saturated rings. The monoisotopic (exact) mass is 302 g/mol. The zero-order chi connectivity index (χ0) is 14.6.